The van der Waals surface area contributed by atoms with Crippen LogP contribution < -0.4 is 9.84 Å². The van der Waals surface area contributed by atoms with Crippen molar-refractivity contribution in [2.24, 2.45) is 11.3 Å². The zero-order valence-electron chi connectivity index (χ0n) is 20.5. The minimum atomic E-state index is -1.04. The predicted molar refractivity (Wildman–Crippen MR) is 133 cm³/mol. The van der Waals surface area contributed by atoms with Gasteiger partial charge in [-0.3, -0.25) is 0 Å². The van der Waals surface area contributed by atoms with Crippen LogP contribution in [0.15, 0.2) is 36.4 Å². The van der Waals surface area contributed by atoms with E-state index in [1.54, 1.807) is 4.90 Å². The van der Waals surface area contributed by atoms with E-state index in [0.29, 0.717) is 10.9 Å². The molecule has 0 unspecified atom stereocenters. The number of piperidine rings is 3. The lowest BCUT2D eigenvalue weighted by Crippen LogP contribution is -2.62. The number of ether oxygens (including phenoxy) is 1. The number of hydrogen-bond donors (Lipinski definition) is 0. The van der Waals surface area contributed by atoms with Crippen LogP contribution in [0.5, 0.6) is 5.75 Å². The first-order valence-corrected chi connectivity index (χ1v) is 12.8. The van der Waals surface area contributed by atoms with Crippen molar-refractivity contribution in [3.05, 3.63) is 52.5 Å². The fourth-order valence-electron chi connectivity index (χ4n) is 6.48. The molecule has 34 heavy (non-hydrogen) atoms. The van der Waals surface area contributed by atoms with Gasteiger partial charge in [0, 0.05) is 18.2 Å². The van der Waals surface area contributed by atoms with E-state index in [4.69, 9.17) is 16.3 Å². The minimum absolute atomic E-state index is 0.00495. The third-order valence-electron chi connectivity index (χ3n) is 7.92. The molecule has 3 aliphatic heterocycles. The molecule has 1 amide bonds. The summed E-state index contributed by atoms with van der Waals surface area (Å²) >= 11 is 6.63. The SMILES string of the molecule is CC(C)Oc1ccc(-c2ccc3c(c2)CC(C)(C)[C@H]3N(C(=O)[O-])[C@@H]2CN3CCC2CC3)c(Cl)c1. The number of hydrogen-bond acceptors (Lipinski definition) is 4. The summed E-state index contributed by atoms with van der Waals surface area (Å²) in [6, 6.07) is 12.0. The van der Waals surface area contributed by atoms with E-state index in [-0.39, 0.29) is 23.6 Å². The average Bonchev–Trinajstić information content (AvgIpc) is 3.03. The molecule has 0 spiro atoms. The van der Waals surface area contributed by atoms with Gasteiger partial charge in [-0.25, -0.2) is 0 Å². The van der Waals surface area contributed by atoms with E-state index in [1.165, 1.54) is 5.56 Å². The van der Waals surface area contributed by atoms with Gasteiger partial charge >= 0.3 is 0 Å². The van der Waals surface area contributed by atoms with E-state index in [9.17, 15) is 9.90 Å². The van der Waals surface area contributed by atoms with Gasteiger partial charge in [-0.2, -0.15) is 0 Å². The van der Waals surface area contributed by atoms with Gasteiger partial charge in [0.05, 0.1) is 17.2 Å². The highest BCUT2D eigenvalue weighted by Gasteiger charge is 2.48. The molecule has 2 aromatic rings. The van der Waals surface area contributed by atoms with Gasteiger partial charge < -0.3 is 24.4 Å². The predicted octanol–water partition coefficient (Wildman–Crippen LogP) is 5.16. The second-order valence-electron chi connectivity index (χ2n) is 11.2. The van der Waals surface area contributed by atoms with Crippen LogP contribution >= 0.6 is 11.6 Å². The topological polar surface area (TPSA) is 55.8 Å². The molecule has 3 saturated heterocycles. The number of amides is 1. The first kappa shape index (κ1) is 23.5. The van der Waals surface area contributed by atoms with Crippen LogP contribution in [0.4, 0.5) is 4.79 Å². The van der Waals surface area contributed by atoms with Gasteiger partial charge in [-0.05, 0) is 92.4 Å². The van der Waals surface area contributed by atoms with Crippen LogP contribution in [0.1, 0.15) is 57.7 Å². The van der Waals surface area contributed by atoms with E-state index in [0.717, 1.165) is 61.3 Å². The average molecular weight is 482 g/mol. The van der Waals surface area contributed by atoms with Crippen molar-refractivity contribution in [1.29, 1.82) is 0 Å². The fourth-order valence-corrected chi connectivity index (χ4v) is 6.76. The Hall–Kier alpha value is -2.24. The van der Waals surface area contributed by atoms with Crippen LogP contribution in [0.25, 0.3) is 11.1 Å². The Morgan fingerprint density at radius 2 is 1.91 bits per heavy atom. The molecule has 6 heteroatoms. The molecular formula is C28H34ClN2O3-. The van der Waals surface area contributed by atoms with Gasteiger partial charge in [0.25, 0.3) is 0 Å². The second kappa shape index (κ2) is 8.76. The lowest BCUT2D eigenvalue weighted by molar-refractivity contribution is -0.276. The third-order valence-corrected chi connectivity index (χ3v) is 8.23. The molecule has 1 aliphatic carbocycles. The normalized spacial score (nSPS) is 27.0. The molecule has 3 fully saturated rings. The number of benzene rings is 2. The smallest absolute Gasteiger partial charge is 0.137 e. The molecule has 6 rings (SSSR count). The highest BCUT2D eigenvalue weighted by atomic mass is 35.5. The third kappa shape index (κ3) is 4.18. The Morgan fingerprint density at radius 1 is 1.18 bits per heavy atom. The number of carbonyl (C=O) groups is 1. The maximum absolute atomic E-state index is 12.6. The number of carboxylic acid groups (broad SMARTS) is 1. The van der Waals surface area contributed by atoms with Gasteiger partial charge in [0.15, 0.2) is 0 Å². The lowest BCUT2D eigenvalue weighted by Gasteiger charge is -2.53. The Morgan fingerprint density at radius 3 is 2.50 bits per heavy atom. The summed E-state index contributed by atoms with van der Waals surface area (Å²) in [5.74, 6) is 1.18. The molecule has 3 heterocycles. The summed E-state index contributed by atoms with van der Waals surface area (Å²) in [5, 5.41) is 13.2. The highest BCUT2D eigenvalue weighted by molar-refractivity contribution is 6.33. The molecule has 0 radical (unpaired) electrons. The molecule has 182 valence electrons. The molecule has 4 aliphatic rings. The molecule has 0 aromatic heterocycles. The fraction of sp³-hybridized carbons (Fsp3) is 0.536. The minimum Gasteiger partial charge on any atom is -0.530 e. The van der Waals surface area contributed by atoms with Crippen molar-refractivity contribution in [3.8, 4) is 16.9 Å². The Balaban J connectivity index is 1.49. The largest absolute Gasteiger partial charge is 0.530 e. The number of nitrogens with zero attached hydrogens (tertiary/aromatic N) is 2. The van der Waals surface area contributed by atoms with Gasteiger partial charge in [-0.1, -0.05) is 43.6 Å². The quantitative estimate of drug-likeness (QED) is 0.592. The van der Waals surface area contributed by atoms with Crippen molar-refractivity contribution in [2.45, 2.75) is 65.1 Å². The van der Waals surface area contributed by atoms with Gasteiger partial charge in [0.1, 0.15) is 11.8 Å². The van der Waals surface area contributed by atoms with Crippen LogP contribution in [0, 0.1) is 11.3 Å². The first-order valence-electron chi connectivity index (χ1n) is 12.4. The van der Waals surface area contributed by atoms with Crippen LogP contribution in [0.2, 0.25) is 5.02 Å². The van der Waals surface area contributed by atoms with E-state index >= 15 is 0 Å². The van der Waals surface area contributed by atoms with Crippen LogP contribution in [-0.2, 0) is 6.42 Å². The second-order valence-corrected chi connectivity index (χ2v) is 11.6. The summed E-state index contributed by atoms with van der Waals surface area (Å²) < 4.78 is 5.77. The van der Waals surface area contributed by atoms with Crippen LogP contribution in [0.3, 0.4) is 0 Å². The Bertz CT molecular complexity index is 1090. The number of rotatable bonds is 5. The van der Waals surface area contributed by atoms with Crippen molar-refractivity contribution >= 4 is 17.7 Å². The van der Waals surface area contributed by atoms with E-state index in [2.05, 4.69) is 36.9 Å². The van der Waals surface area contributed by atoms with Gasteiger partial charge in [-0.15, -0.1) is 0 Å². The van der Waals surface area contributed by atoms with Crippen molar-refractivity contribution < 1.29 is 14.6 Å². The standard InChI is InChI=1S/C28H35ClN2O3/c1-17(2)34-21-6-8-22(24(29)14-21)19-5-7-23-20(13-19)15-28(3,4)26(23)31(27(32)33)25-16-30-11-9-18(25)10-12-30/h5-8,13-14,17-18,25-26H,9-12,15-16H2,1-4H3,(H,32,33)/p-1/t25-,26+/m1/s1. The monoisotopic (exact) mass is 481 g/mol. The molecule has 2 bridgehead atoms. The summed E-state index contributed by atoms with van der Waals surface area (Å²) in [6.07, 6.45) is 2.00. The van der Waals surface area contributed by atoms with E-state index < -0.39 is 6.09 Å². The number of carbonyl (C=O) groups excluding carboxylic acids is 1. The summed E-state index contributed by atoms with van der Waals surface area (Å²) in [5.41, 5.74) is 4.07. The lowest BCUT2D eigenvalue weighted by atomic mass is 9.79. The van der Waals surface area contributed by atoms with Crippen molar-refractivity contribution in [2.75, 3.05) is 19.6 Å². The molecule has 0 saturated carbocycles. The zero-order valence-corrected chi connectivity index (χ0v) is 21.3. The maximum Gasteiger partial charge on any atom is 0.137 e. The van der Waals surface area contributed by atoms with Crippen LogP contribution in [-0.4, -0.2) is 47.7 Å². The summed E-state index contributed by atoms with van der Waals surface area (Å²) in [6.45, 7) is 11.3. The Labute approximate surface area is 207 Å². The maximum atomic E-state index is 12.6. The summed E-state index contributed by atoms with van der Waals surface area (Å²) in [4.78, 5) is 16.7. The molecule has 0 N–H and O–H groups in total. The molecule has 2 atom stereocenters. The number of fused-ring (bicyclic) bond motifs is 4. The highest BCUT2D eigenvalue weighted by Crippen LogP contribution is 2.51. The van der Waals surface area contributed by atoms with Crippen molar-refractivity contribution in [3.63, 3.8) is 0 Å². The zero-order chi connectivity index (χ0) is 24.2. The molecular weight excluding hydrogens is 448 g/mol. The Kier molecular flexibility index (Phi) is 6.06. The van der Waals surface area contributed by atoms with Gasteiger partial charge in [0.2, 0.25) is 0 Å². The molecule has 2 aromatic carbocycles. The molecule has 5 nitrogen and oxygen atoms in total. The van der Waals surface area contributed by atoms with E-state index in [1.807, 2.05) is 32.0 Å². The summed E-state index contributed by atoms with van der Waals surface area (Å²) in [7, 11) is 0. The van der Waals surface area contributed by atoms with Crippen molar-refractivity contribution in [1.82, 2.24) is 9.80 Å². The first-order chi connectivity index (χ1) is 16.1. The number of halogens is 1.